The second-order valence-corrected chi connectivity index (χ2v) is 3.06. The van der Waals surface area contributed by atoms with Crippen molar-refractivity contribution in [3.05, 3.63) is 6.20 Å². The minimum atomic E-state index is -0.392. The quantitative estimate of drug-likeness (QED) is 0.668. The Balaban J connectivity index is 2.88. The summed E-state index contributed by atoms with van der Waals surface area (Å²) in [4.78, 5) is 12.5. The average molecular weight is 197 g/mol. The van der Waals surface area contributed by atoms with Gasteiger partial charge in [-0.2, -0.15) is 5.10 Å². The molecule has 0 aliphatic carbocycles. The van der Waals surface area contributed by atoms with E-state index in [0.717, 1.165) is 0 Å². The maximum Gasteiger partial charge on any atom is 0.237 e. The van der Waals surface area contributed by atoms with Gasteiger partial charge in [-0.25, -0.2) is 0 Å². The number of carbonyl (C=O) groups is 1. The van der Waals surface area contributed by atoms with Crippen molar-refractivity contribution in [3.8, 4) is 0 Å². The lowest BCUT2D eigenvalue weighted by Gasteiger charge is -2.18. The minimum absolute atomic E-state index is 0.137. The molecule has 0 fully saturated rings. The molecule has 0 radical (unpaired) electrons. The van der Waals surface area contributed by atoms with Gasteiger partial charge in [0.05, 0.1) is 12.2 Å². The molecule has 78 valence electrons. The summed E-state index contributed by atoms with van der Waals surface area (Å²) < 4.78 is 1.61. The van der Waals surface area contributed by atoms with Crippen molar-refractivity contribution in [1.82, 2.24) is 9.78 Å². The first-order valence-corrected chi connectivity index (χ1v) is 4.37. The average Bonchev–Trinajstić information content (AvgIpc) is 2.41. The lowest BCUT2D eigenvalue weighted by molar-refractivity contribution is -0.116. The number of rotatable bonds is 4. The molecule has 0 aromatic carbocycles. The van der Waals surface area contributed by atoms with Crippen LogP contribution in [0.5, 0.6) is 0 Å². The monoisotopic (exact) mass is 197 g/mol. The van der Waals surface area contributed by atoms with Gasteiger partial charge in [0.15, 0.2) is 5.82 Å². The fourth-order valence-corrected chi connectivity index (χ4v) is 1.27. The number of aromatic nitrogens is 2. The van der Waals surface area contributed by atoms with Crippen molar-refractivity contribution in [3.63, 3.8) is 0 Å². The Morgan fingerprint density at radius 2 is 2.36 bits per heavy atom. The van der Waals surface area contributed by atoms with Crippen molar-refractivity contribution < 1.29 is 4.79 Å². The zero-order valence-corrected chi connectivity index (χ0v) is 8.40. The van der Waals surface area contributed by atoms with Crippen LogP contribution in [0, 0.1) is 0 Å². The molecule has 0 atom stereocenters. The second-order valence-electron chi connectivity index (χ2n) is 3.06. The molecule has 0 saturated carbocycles. The zero-order chi connectivity index (χ0) is 10.7. The Bertz CT molecular complexity index is 332. The van der Waals surface area contributed by atoms with Crippen LogP contribution in [0.1, 0.15) is 6.92 Å². The van der Waals surface area contributed by atoms with Gasteiger partial charge in [0.25, 0.3) is 0 Å². The van der Waals surface area contributed by atoms with E-state index in [2.05, 4.69) is 5.10 Å². The number of likely N-dealkylation sites (N-methyl/N-ethyl adjacent to an activating group) is 1. The molecule has 1 heterocycles. The summed E-state index contributed by atoms with van der Waals surface area (Å²) in [5.74, 6) is 0.214. The molecular formula is C8H15N5O. The van der Waals surface area contributed by atoms with E-state index in [0.29, 0.717) is 18.1 Å². The first-order chi connectivity index (χ1) is 6.54. The summed E-state index contributed by atoms with van der Waals surface area (Å²) in [6, 6.07) is 0. The predicted molar refractivity (Wildman–Crippen MR) is 54.7 cm³/mol. The van der Waals surface area contributed by atoms with Crippen LogP contribution in [0.4, 0.5) is 11.5 Å². The molecule has 6 heteroatoms. The highest BCUT2D eigenvalue weighted by Gasteiger charge is 2.13. The highest BCUT2D eigenvalue weighted by Crippen LogP contribution is 2.19. The molecule has 1 aromatic rings. The van der Waals surface area contributed by atoms with Gasteiger partial charge in [0.1, 0.15) is 0 Å². The van der Waals surface area contributed by atoms with E-state index in [1.54, 1.807) is 22.8 Å². The predicted octanol–water partition coefficient (Wildman–Crippen LogP) is -0.686. The van der Waals surface area contributed by atoms with E-state index >= 15 is 0 Å². The van der Waals surface area contributed by atoms with Gasteiger partial charge in [-0.05, 0) is 6.92 Å². The van der Waals surface area contributed by atoms with Crippen molar-refractivity contribution in [2.75, 3.05) is 23.7 Å². The lowest BCUT2D eigenvalue weighted by atomic mass is 10.4. The van der Waals surface area contributed by atoms with E-state index in [1.807, 2.05) is 6.92 Å². The maximum atomic E-state index is 10.8. The van der Waals surface area contributed by atoms with Crippen LogP contribution in [0.25, 0.3) is 0 Å². The number of amides is 1. The highest BCUT2D eigenvalue weighted by molar-refractivity contribution is 5.80. The molecule has 0 unspecified atom stereocenters. The molecule has 1 rings (SSSR count). The highest BCUT2D eigenvalue weighted by atomic mass is 16.1. The Kier molecular flexibility index (Phi) is 2.95. The Morgan fingerprint density at radius 1 is 1.71 bits per heavy atom. The molecule has 0 bridgehead atoms. The Labute approximate surface area is 82.5 Å². The number of hydrogen-bond acceptors (Lipinski definition) is 4. The largest absolute Gasteiger partial charge is 0.394 e. The fraction of sp³-hybridized carbons (Fsp3) is 0.500. The van der Waals surface area contributed by atoms with Crippen LogP contribution in [0.3, 0.4) is 0 Å². The number of carbonyl (C=O) groups excluding carboxylic acids is 1. The summed E-state index contributed by atoms with van der Waals surface area (Å²) in [5.41, 5.74) is 11.4. The smallest absolute Gasteiger partial charge is 0.237 e. The zero-order valence-electron chi connectivity index (χ0n) is 8.40. The van der Waals surface area contributed by atoms with Gasteiger partial charge in [-0.1, -0.05) is 0 Å². The molecule has 6 nitrogen and oxygen atoms in total. The van der Waals surface area contributed by atoms with E-state index < -0.39 is 5.91 Å². The topological polar surface area (TPSA) is 90.2 Å². The van der Waals surface area contributed by atoms with Crippen molar-refractivity contribution in [2.45, 2.75) is 6.92 Å². The minimum Gasteiger partial charge on any atom is -0.394 e. The van der Waals surface area contributed by atoms with Gasteiger partial charge in [-0.3, -0.25) is 9.48 Å². The number of anilines is 2. The third-order valence-corrected chi connectivity index (χ3v) is 1.86. The van der Waals surface area contributed by atoms with Crippen molar-refractivity contribution in [1.29, 1.82) is 0 Å². The summed E-state index contributed by atoms with van der Waals surface area (Å²) in [6.45, 7) is 2.69. The number of nitrogens with two attached hydrogens (primary N) is 2. The molecule has 1 aromatic heterocycles. The molecule has 14 heavy (non-hydrogen) atoms. The summed E-state index contributed by atoms with van der Waals surface area (Å²) >= 11 is 0. The molecular weight excluding hydrogens is 182 g/mol. The summed E-state index contributed by atoms with van der Waals surface area (Å²) in [5, 5.41) is 4.14. The second kappa shape index (κ2) is 3.99. The van der Waals surface area contributed by atoms with Crippen LogP contribution in [0.15, 0.2) is 6.20 Å². The number of primary amides is 1. The Morgan fingerprint density at radius 3 is 2.71 bits per heavy atom. The fourth-order valence-electron chi connectivity index (χ4n) is 1.27. The molecule has 0 aliphatic rings. The molecule has 0 spiro atoms. The van der Waals surface area contributed by atoms with E-state index in [-0.39, 0.29) is 6.54 Å². The third-order valence-electron chi connectivity index (χ3n) is 1.86. The van der Waals surface area contributed by atoms with Crippen LogP contribution in [0.2, 0.25) is 0 Å². The maximum absolute atomic E-state index is 10.8. The van der Waals surface area contributed by atoms with Crippen LogP contribution >= 0.6 is 0 Å². The molecule has 0 saturated heterocycles. The molecule has 4 N–H and O–H groups in total. The number of hydrogen-bond donors (Lipinski definition) is 2. The van der Waals surface area contributed by atoms with E-state index in [4.69, 9.17) is 11.5 Å². The van der Waals surface area contributed by atoms with Crippen molar-refractivity contribution >= 4 is 17.4 Å². The number of nitrogens with zero attached hydrogens (tertiary/aromatic N) is 3. The van der Waals surface area contributed by atoms with Gasteiger partial charge in [0, 0.05) is 19.8 Å². The first kappa shape index (κ1) is 10.4. The SMILES string of the molecule is CCN(CC(N)=O)c1nn(C)cc1N. The first-order valence-electron chi connectivity index (χ1n) is 4.37. The standard InChI is InChI=1S/C8H15N5O/c1-3-13(5-7(10)14)8-6(9)4-12(2)11-8/h4H,3,5,9H2,1-2H3,(H2,10,14). The van der Waals surface area contributed by atoms with E-state index in [9.17, 15) is 4.79 Å². The Hall–Kier alpha value is -1.72. The van der Waals surface area contributed by atoms with Gasteiger partial charge < -0.3 is 16.4 Å². The van der Waals surface area contributed by atoms with Crippen LogP contribution < -0.4 is 16.4 Å². The summed E-state index contributed by atoms with van der Waals surface area (Å²) in [7, 11) is 1.78. The normalized spacial score (nSPS) is 10.1. The van der Waals surface area contributed by atoms with Crippen LogP contribution in [-0.2, 0) is 11.8 Å². The van der Waals surface area contributed by atoms with Crippen LogP contribution in [-0.4, -0.2) is 28.8 Å². The third kappa shape index (κ3) is 2.15. The molecule has 0 aliphatic heterocycles. The lowest BCUT2D eigenvalue weighted by Crippen LogP contribution is -2.34. The molecule has 1 amide bonds. The number of nitrogen functional groups attached to an aromatic ring is 1. The number of aryl methyl sites for hydroxylation is 1. The van der Waals surface area contributed by atoms with E-state index in [1.165, 1.54) is 0 Å². The van der Waals surface area contributed by atoms with Gasteiger partial charge in [0.2, 0.25) is 5.91 Å². The van der Waals surface area contributed by atoms with Gasteiger partial charge >= 0.3 is 0 Å². The van der Waals surface area contributed by atoms with Crippen molar-refractivity contribution in [2.24, 2.45) is 12.8 Å². The van der Waals surface area contributed by atoms with Gasteiger partial charge in [-0.15, -0.1) is 0 Å². The summed E-state index contributed by atoms with van der Waals surface area (Å²) in [6.07, 6.45) is 1.69.